The normalized spacial score (nSPS) is 12.4. The summed E-state index contributed by atoms with van der Waals surface area (Å²) in [5.74, 6) is -0.307. The molecule has 134 valence electrons. The van der Waals surface area contributed by atoms with E-state index in [9.17, 15) is 9.18 Å². The number of nitrogens with two attached hydrogens (primary N) is 1. The van der Waals surface area contributed by atoms with Crippen LogP contribution in [0.4, 0.5) is 4.39 Å². The molecule has 3 rings (SSSR count). The number of hydrogen-bond donors (Lipinski definition) is 1. The van der Waals surface area contributed by atoms with Crippen LogP contribution in [0.3, 0.4) is 0 Å². The zero-order chi connectivity index (χ0) is 18.8. The summed E-state index contributed by atoms with van der Waals surface area (Å²) in [4.78, 5) is 12.1. The second kappa shape index (κ2) is 7.26. The molecule has 0 aliphatic heterocycles. The summed E-state index contributed by atoms with van der Waals surface area (Å²) < 4.78 is 15.5. The van der Waals surface area contributed by atoms with Gasteiger partial charge in [0, 0.05) is 28.9 Å². The Kier molecular flexibility index (Phi) is 5.05. The predicted molar refractivity (Wildman–Crippen MR) is 104 cm³/mol. The van der Waals surface area contributed by atoms with Crippen LogP contribution in [0.15, 0.2) is 54.6 Å². The predicted octanol–water partition coefficient (Wildman–Crippen LogP) is 5.37. The highest BCUT2D eigenvalue weighted by atomic mass is 19.1. The molecule has 4 heteroatoms. The first kappa shape index (κ1) is 18.1. The van der Waals surface area contributed by atoms with Gasteiger partial charge in [-0.05, 0) is 44.0 Å². The van der Waals surface area contributed by atoms with Crippen LogP contribution in [0.5, 0.6) is 0 Å². The van der Waals surface area contributed by atoms with Crippen LogP contribution < -0.4 is 5.73 Å². The molecule has 1 heterocycles. The molecule has 1 atom stereocenters. The number of halogens is 1. The SMILES string of the molecule is CC(N)c1c(-c2ccccc2)c(-c2ccc(F)cc2)c(C=O)n1C(C)C. The zero-order valence-electron chi connectivity index (χ0n) is 15.2. The lowest BCUT2D eigenvalue weighted by Crippen LogP contribution is -2.16. The van der Waals surface area contributed by atoms with Crippen molar-refractivity contribution in [1.29, 1.82) is 0 Å². The van der Waals surface area contributed by atoms with Gasteiger partial charge in [-0.3, -0.25) is 4.79 Å². The summed E-state index contributed by atoms with van der Waals surface area (Å²) in [6, 6.07) is 15.9. The molecule has 0 aliphatic rings. The minimum atomic E-state index is -0.307. The van der Waals surface area contributed by atoms with E-state index >= 15 is 0 Å². The summed E-state index contributed by atoms with van der Waals surface area (Å²) in [6.07, 6.45) is 0.872. The number of aromatic nitrogens is 1. The highest BCUT2D eigenvalue weighted by Crippen LogP contribution is 2.42. The van der Waals surface area contributed by atoms with Crippen molar-refractivity contribution in [2.24, 2.45) is 5.73 Å². The molecular weight excluding hydrogens is 327 g/mol. The van der Waals surface area contributed by atoms with E-state index in [-0.39, 0.29) is 17.9 Å². The number of hydrogen-bond acceptors (Lipinski definition) is 2. The van der Waals surface area contributed by atoms with Crippen LogP contribution in [-0.4, -0.2) is 10.9 Å². The van der Waals surface area contributed by atoms with Crippen LogP contribution in [0.2, 0.25) is 0 Å². The highest BCUT2D eigenvalue weighted by molar-refractivity contribution is 5.97. The topological polar surface area (TPSA) is 48.0 Å². The molecule has 0 aliphatic carbocycles. The molecule has 0 saturated heterocycles. The van der Waals surface area contributed by atoms with Gasteiger partial charge in [0.1, 0.15) is 5.82 Å². The molecule has 3 nitrogen and oxygen atoms in total. The molecule has 1 aromatic heterocycles. The van der Waals surface area contributed by atoms with Gasteiger partial charge in [0.25, 0.3) is 0 Å². The molecule has 0 bridgehead atoms. The number of nitrogens with zero attached hydrogens (tertiary/aromatic N) is 1. The maximum Gasteiger partial charge on any atom is 0.167 e. The number of carbonyl (C=O) groups is 1. The molecular formula is C22H23FN2O. The lowest BCUT2D eigenvalue weighted by molar-refractivity contribution is 0.111. The first-order valence-electron chi connectivity index (χ1n) is 8.75. The third-order valence-electron chi connectivity index (χ3n) is 4.54. The summed E-state index contributed by atoms with van der Waals surface area (Å²) in [7, 11) is 0. The minimum Gasteiger partial charge on any atom is -0.337 e. The van der Waals surface area contributed by atoms with E-state index in [1.165, 1.54) is 12.1 Å². The second-order valence-electron chi connectivity index (χ2n) is 6.76. The molecule has 26 heavy (non-hydrogen) atoms. The standard InChI is InChI=1S/C22H23FN2O/c1-14(2)25-19(13-26)20(17-9-11-18(23)12-10-17)21(22(25)15(3)24)16-7-5-4-6-8-16/h4-15H,24H2,1-3H3. The number of benzene rings is 2. The van der Waals surface area contributed by atoms with Crippen LogP contribution in [0, 0.1) is 5.82 Å². The summed E-state index contributed by atoms with van der Waals surface area (Å²) in [5, 5.41) is 0. The molecule has 0 saturated carbocycles. The molecule has 3 aromatic rings. The van der Waals surface area contributed by atoms with E-state index in [0.717, 1.165) is 34.2 Å². The van der Waals surface area contributed by atoms with E-state index in [1.54, 1.807) is 12.1 Å². The van der Waals surface area contributed by atoms with Crippen molar-refractivity contribution in [3.05, 3.63) is 71.8 Å². The quantitative estimate of drug-likeness (QED) is 0.629. The van der Waals surface area contributed by atoms with Crippen molar-refractivity contribution < 1.29 is 9.18 Å². The van der Waals surface area contributed by atoms with Gasteiger partial charge in [-0.1, -0.05) is 42.5 Å². The van der Waals surface area contributed by atoms with Crippen molar-refractivity contribution in [2.75, 3.05) is 0 Å². The molecule has 0 amide bonds. The molecule has 0 fully saturated rings. The molecule has 1 unspecified atom stereocenters. The van der Waals surface area contributed by atoms with Gasteiger partial charge < -0.3 is 10.3 Å². The largest absolute Gasteiger partial charge is 0.337 e. The first-order chi connectivity index (χ1) is 12.5. The maximum atomic E-state index is 13.5. The summed E-state index contributed by atoms with van der Waals surface area (Å²) >= 11 is 0. The summed E-state index contributed by atoms with van der Waals surface area (Å²) in [5.41, 5.74) is 11.3. The van der Waals surface area contributed by atoms with Gasteiger partial charge in [0.2, 0.25) is 0 Å². The number of carbonyl (C=O) groups excluding carboxylic acids is 1. The van der Waals surface area contributed by atoms with Crippen molar-refractivity contribution in [2.45, 2.75) is 32.9 Å². The average molecular weight is 350 g/mol. The number of aldehydes is 1. The van der Waals surface area contributed by atoms with Crippen molar-refractivity contribution in [3.8, 4) is 22.3 Å². The number of rotatable bonds is 5. The average Bonchev–Trinajstić information content (AvgIpc) is 2.98. The molecule has 0 radical (unpaired) electrons. The molecule has 2 aromatic carbocycles. The second-order valence-corrected chi connectivity index (χ2v) is 6.76. The monoisotopic (exact) mass is 350 g/mol. The van der Waals surface area contributed by atoms with Gasteiger partial charge in [0.15, 0.2) is 6.29 Å². The lowest BCUT2D eigenvalue weighted by Gasteiger charge is -2.18. The van der Waals surface area contributed by atoms with E-state index in [4.69, 9.17) is 5.73 Å². The van der Waals surface area contributed by atoms with E-state index in [1.807, 2.05) is 55.7 Å². The smallest absolute Gasteiger partial charge is 0.167 e. The fraction of sp³-hybridized carbons (Fsp3) is 0.227. The Hall–Kier alpha value is -2.72. The third kappa shape index (κ3) is 3.08. The van der Waals surface area contributed by atoms with Gasteiger partial charge in [0.05, 0.1) is 5.69 Å². The van der Waals surface area contributed by atoms with Crippen molar-refractivity contribution >= 4 is 6.29 Å². The van der Waals surface area contributed by atoms with Crippen LogP contribution in [-0.2, 0) is 0 Å². The van der Waals surface area contributed by atoms with Gasteiger partial charge in [-0.2, -0.15) is 0 Å². The van der Waals surface area contributed by atoms with E-state index < -0.39 is 0 Å². The third-order valence-corrected chi connectivity index (χ3v) is 4.54. The van der Waals surface area contributed by atoms with Crippen molar-refractivity contribution in [3.63, 3.8) is 0 Å². The Morgan fingerprint density at radius 1 is 0.923 bits per heavy atom. The Balaban J connectivity index is 2.46. The lowest BCUT2D eigenvalue weighted by atomic mass is 9.93. The van der Waals surface area contributed by atoms with Crippen molar-refractivity contribution in [1.82, 2.24) is 4.57 Å². The van der Waals surface area contributed by atoms with Gasteiger partial charge >= 0.3 is 0 Å². The maximum absolute atomic E-state index is 13.5. The van der Waals surface area contributed by atoms with Crippen LogP contribution in [0.25, 0.3) is 22.3 Å². The Morgan fingerprint density at radius 3 is 2.00 bits per heavy atom. The van der Waals surface area contributed by atoms with E-state index in [0.29, 0.717) is 5.69 Å². The minimum absolute atomic E-state index is 0.0628. The fourth-order valence-electron chi connectivity index (χ4n) is 3.55. The first-order valence-corrected chi connectivity index (χ1v) is 8.75. The van der Waals surface area contributed by atoms with Gasteiger partial charge in [-0.25, -0.2) is 4.39 Å². The van der Waals surface area contributed by atoms with E-state index in [2.05, 4.69) is 0 Å². The Bertz CT molecular complexity index is 910. The molecule has 2 N–H and O–H groups in total. The Morgan fingerprint density at radius 2 is 1.50 bits per heavy atom. The highest BCUT2D eigenvalue weighted by Gasteiger charge is 2.27. The Labute approximate surface area is 153 Å². The fourth-order valence-corrected chi connectivity index (χ4v) is 3.55. The summed E-state index contributed by atoms with van der Waals surface area (Å²) in [6.45, 7) is 5.98. The van der Waals surface area contributed by atoms with Crippen LogP contribution in [0.1, 0.15) is 49.0 Å². The van der Waals surface area contributed by atoms with Gasteiger partial charge in [-0.15, -0.1) is 0 Å². The molecule has 0 spiro atoms. The van der Waals surface area contributed by atoms with Crippen LogP contribution >= 0.6 is 0 Å². The zero-order valence-corrected chi connectivity index (χ0v) is 15.2.